The second-order valence-corrected chi connectivity index (χ2v) is 8.77. The molecule has 0 bridgehead atoms. The van der Waals surface area contributed by atoms with Crippen LogP contribution in [-0.4, -0.2) is 13.1 Å². The van der Waals surface area contributed by atoms with Crippen molar-refractivity contribution in [3.63, 3.8) is 0 Å². The average molecular weight is 158 g/mol. The maximum Gasteiger partial charge on any atom is 0.191 e. The lowest BCUT2D eigenvalue weighted by molar-refractivity contribution is 0.401. The summed E-state index contributed by atoms with van der Waals surface area (Å²) < 4.78 is 0. The third-order valence-electron chi connectivity index (χ3n) is 3.17. The molecule has 1 heterocycles. The first-order valence-electron chi connectivity index (χ1n) is 4.18. The highest BCUT2D eigenvalue weighted by Crippen LogP contribution is 2.46. The van der Waals surface area contributed by atoms with Crippen molar-refractivity contribution >= 4 is 8.32 Å². The van der Waals surface area contributed by atoms with E-state index in [-0.39, 0.29) is 5.04 Å². The van der Waals surface area contributed by atoms with Gasteiger partial charge in [-0.15, -0.1) is 0 Å². The summed E-state index contributed by atoms with van der Waals surface area (Å²) in [6.07, 6.45) is 3.80. The molecular weight excluding hydrogens is 140 g/mol. The maximum atomic E-state index is 10.0. The van der Waals surface area contributed by atoms with Crippen molar-refractivity contribution < 1.29 is 4.80 Å². The largest absolute Gasteiger partial charge is 0.431 e. The van der Waals surface area contributed by atoms with E-state index in [0.29, 0.717) is 0 Å². The third-order valence-corrected chi connectivity index (χ3v) is 7.67. The molecule has 1 aliphatic rings. The van der Waals surface area contributed by atoms with E-state index in [0.717, 1.165) is 6.04 Å². The van der Waals surface area contributed by atoms with Gasteiger partial charge in [0.15, 0.2) is 8.32 Å². The van der Waals surface area contributed by atoms with E-state index in [4.69, 9.17) is 0 Å². The fourth-order valence-corrected chi connectivity index (χ4v) is 3.97. The van der Waals surface area contributed by atoms with Gasteiger partial charge in [-0.05, 0) is 24.1 Å². The van der Waals surface area contributed by atoms with Crippen molar-refractivity contribution in [2.24, 2.45) is 0 Å². The minimum atomic E-state index is -1.82. The topological polar surface area (TPSA) is 20.2 Å². The Kier molecular flexibility index (Phi) is 1.94. The molecule has 1 N–H and O–H groups in total. The summed E-state index contributed by atoms with van der Waals surface area (Å²) in [6, 6.07) is 1.11. The van der Waals surface area contributed by atoms with Gasteiger partial charge in [0, 0.05) is 0 Å². The Morgan fingerprint density at radius 2 is 1.90 bits per heavy atom. The van der Waals surface area contributed by atoms with E-state index in [1.54, 1.807) is 0 Å². The van der Waals surface area contributed by atoms with Gasteiger partial charge in [0.1, 0.15) is 0 Å². The summed E-state index contributed by atoms with van der Waals surface area (Å²) >= 11 is 0. The first-order chi connectivity index (χ1) is 4.46. The summed E-state index contributed by atoms with van der Waals surface area (Å²) in [6.45, 7) is 6.54. The van der Waals surface area contributed by atoms with Gasteiger partial charge in [-0.1, -0.05) is 26.7 Å². The molecule has 0 radical (unpaired) electrons. The van der Waals surface area contributed by atoms with Gasteiger partial charge in [-0.25, -0.2) is 0 Å². The molecule has 1 aliphatic heterocycles. The molecule has 1 fully saturated rings. The second-order valence-electron chi connectivity index (χ2n) is 4.36. The van der Waals surface area contributed by atoms with Crippen LogP contribution >= 0.6 is 0 Å². The van der Waals surface area contributed by atoms with E-state index in [1.165, 1.54) is 19.3 Å². The minimum Gasteiger partial charge on any atom is -0.431 e. The van der Waals surface area contributed by atoms with Crippen LogP contribution < -0.4 is 0 Å². The second kappa shape index (κ2) is 2.34. The number of hydrogen-bond donors (Lipinski definition) is 1. The molecule has 1 nitrogen and oxygen atoms in total. The van der Waals surface area contributed by atoms with Crippen molar-refractivity contribution in [1.29, 1.82) is 0 Å². The van der Waals surface area contributed by atoms with Crippen LogP contribution in [0.3, 0.4) is 0 Å². The van der Waals surface area contributed by atoms with Gasteiger partial charge in [0.2, 0.25) is 0 Å². The molecular formula is C8H18OSi. The Balaban J connectivity index is 2.70. The summed E-state index contributed by atoms with van der Waals surface area (Å²) in [4.78, 5) is 10.0. The summed E-state index contributed by atoms with van der Waals surface area (Å²) in [7, 11) is -1.82. The van der Waals surface area contributed by atoms with Crippen LogP contribution in [0.15, 0.2) is 0 Å². The fraction of sp³-hybridized carbons (Fsp3) is 1.00. The van der Waals surface area contributed by atoms with Gasteiger partial charge in [0.25, 0.3) is 0 Å². The summed E-state index contributed by atoms with van der Waals surface area (Å²) in [5.74, 6) is 0. The van der Waals surface area contributed by atoms with E-state index in [1.807, 2.05) is 0 Å². The highest BCUT2D eigenvalue weighted by Gasteiger charge is 2.43. The van der Waals surface area contributed by atoms with E-state index < -0.39 is 8.32 Å². The van der Waals surface area contributed by atoms with Gasteiger partial charge in [0.05, 0.1) is 0 Å². The molecule has 0 aliphatic carbocycles. The predicted octanol–water partition coefficient (Wildman–Crippen LogP) is 2.52. The van der Waals surface area contributed by atoms with Gasteiger partial charge < -0.3 is 4.80 Å². The maximum absolute atomic E-state index is 10.0. The molecule has 0 saturated carbocycles. The van der Waals surface area contributed by atoms with Crippen LogP contribution in [0.1, 0.15) is 33.1 Å². The molecule has 1 unspecified atom stereocenters. The zero-order valence-electron chi connectivity index (χ0n) is 7.28. The van der Waals surface area contributed by atoms with Crippen LogP contribution in [0.2, 0.25) is 17.6 Å². The lowest BCUT2D eigenvalue weighted by Gasteiger charge is -2.41. The summed E-state index contributed by atoms with van der Waals surface area (Å²) in [5.41, 5.74) is 0. The van der Waals surface area contributed by atoms with Crippen LogP contribution in [0.4, 0.5) is 0 Å². The molecule has 60 valence electrons. The van der Waals surface area contributed by atoms with Crippen molar-refractivity contribution in [3.8, 4) is 0 Å². The monoisotopic (exact) mass is 158 g/mol. The summed E-state index contributed by atoms with van der Waals surface area (Å²) in [5, 5.41) is 0.269. The van der Waals surface area contributed by atoms with Gasteiger partial charge in [-0.3, -0.25) is 0 Å². The molecule has 0 spiro atoms. The quantitative estimate of drug-likeness (QED) is 0.537. The Morgan fingerprint density at radius 1 is 1.30 bits per heavy atom. The predicted molar refractivity (Wildman–Crippen MR) is 46.5 cm³/mol. The molecule has 1 atom stereocenters. The van der Waals surface area contributed by atoms with Crippen molar-refractivity contribution in [2.75, 3.05) is 0 Å². The molecule has 1 rings (SSSR count). The average Bonchev–Trinajstić information content (AvgIpc) is 1.77. The zero-order chi connectivity index (χ0) is 7.83. The first-order valence-corrected chi connectivity index (χ1v) is 6.84. The van der Waals surface area contributed by atoms with Crippen molar-refractivity contribution in [2.45, 2.75) is 50.7 Å². The van der Waals surface area contributed by atoms with Crippen LogP contribution in [0, 0.1) is 0 Å². The fourth-order valence-electron chi connectivity index (χ4n) is 1.64. The highest BCUT2D eigenvalue weighted by molar-refractivity contribution is 6.74. The smallest absolute Gasteiger partial charge is 0.191 e. The van der Waals surface area contributed by atoms with Gasteiger partial charge >= 0.3 is 0 Å². The lowest BCUT2D eigenvalue weighted by Crippen LogP contribution is -2.44. The molecule has 1 saturated heterocycles. The van der Waals surface area contributed by atoms with Crippen molar-refractivity contribution in [3.05, 3.63) is 0 Å². The molecule has 2 heteroatoms. The third kappa shape index (κ3) is 1.27. The highest BCUT2D eigenvalue weighted by atomic mass is 28.4. The van der Waals surface area contributed by atoms with E-state index in [2.05, 4.69) is 20.4 Å². The SMILES string of the molecule is CC1(C)CCCC[Si]1(C)O. The molecule has 10 heavy (non-hydrogen) atoms. The lowest BCUT2D eigenvalue weighted by atomic mass is 10.1. The number of rotatable bonds is 0. The normalized spacial score (nSPS) is 39.6. The Hall–Kier alpha value is 0.177. The molecule has 0 aromatic carbocycles. The molecule has 0 aromatic heterocycles. The van der Waals surface area contributed by atoms with Gasteiger partial charge in [-0.2, -0.15) is 0 Å². The number of hydrogen-bond acceptors (Lipinski definition) is 1. The van der Waals surface area contributed by atoms with Crippen LogP contribution in [-0.2, 0) is 0 Å². The van der Waals surface area contributed by atoms with E-state index in [9.17, 15) is 4.80 Å². The molecule has 0 amide bonds. The minimum absolute atomic E-state index is 0.269. The standard InChI is InChI=1S/C8H18OSi/c1-8(2)6-4-5-7-10(8,3)9/h9H,4-7H2,1-3H3. The Bertz CT molecular complexity index is 113. The van der Waals surface area contributed by atoms with Crippen LogP contribution in [0.5, 0.6) is 0 Å². The van der Waals surface area contributed by atoms with Crippen molar-refractivity contribution in [1.82, 2.24) is 0 Å². The Morgan fingerprint density at radius 3 is 2.20 bits per heavy atom. The zero-order valence-corrected chi connectivity index (χ0v) is 8.28. The first kappa shape index (κ1) is 8.28. The van der Waals surface area contributed by atoms with E-state index >= 15 is 0 Å². The molecule has 0 aromatic rings. The van der Waals surface area contributed by atoms with Crippen LogP contribution in [0.25, 0.3) is 0 Å². The Labute approximate surface area is 64.6 Å².